The average molecular weight is 398 g/mol. The van der Waals surface area contributed by atoms with E-state index in [2.05, 4.69) is 20.6 Å². The van der Waals surface area contributed by atoms with Crippen LogP contribution in [-0.4, -0.2) is 59.9 Å². The number of aliphatic imine (C=N–C) groups is 1. The molecule has 3 fully saturated rings. The van der Waals surface area contributed by atoms with Crippen LogP contribution in [0.2, 0.25) is 0 Å². The Kier molecular flexibility index (Phi) is 5.53. The molecule has 1 amide bonds. The highest BCUT2D eigenvalue weighted by atomic mass is 16.6. The minimum absolute atomic E-state index is 0.207. The number of nitrogens with zero attached hydrogens (tertiary/aromatic N) is 4. The molecule has 2 aliphatic heterocycles. The first-order chi connectivity index (χ1) is 14.1. The van der Waals surface area contributed by atoms with Crippen LogP contribution in [0.3, 0.4) is 0 Å². The van der Waals surface area contributed by atoms with Gasteiger partial charge in [0.05, 0.1) is 13.2 Å². The maximum absolute atomic E-state index is 12.5. The fraction of sp³-hybridized carbons (Fsp3) is 0.600. The highest BCUT2D eigenvalue weighted by Gasteiger charge is 2.48. The van der Waals surface area contributed by atoms with E-state index < -0.39 is 5.60 Å². The number of piperidine rings is 1. The summed E-state index contributed by atoms with van der Waals surface area (Å²) in [5.41, 5.74) is 0.361. The van der Waals surface area contributed by atoms with Crippen LogP contribution in [0, 0.1) is 23.3 Å². The van der Waals surface area contributed by atoms with Crippen LogP contribution in [0.1, 0.15) is 26.2 Å². The minimum Gasteiger partial charge on any atom is -0.438 e. The number of nitriles is 1. The molecule has 0 spiro atoms. The fourth-order valence-electron chi connectivity index (χ4n) is 4.43. The lowest BCUT2D eigenvalue weighted by Gasteiger charge is -2.40. The lowest BCUT2D eigenvalue weighted by Crippen LogP contribution is -2.53. The Labute approximate surface area is 170 Å². The molecule has 0 aromatic carbocycles. The molecule has 2 bridgehead atoms. The molecule has 3 aliphatic rings. The van der Waals surface area contributed by atoms with Crippen molar-refractivity contribution < 1.29 is 14.3 Å². The maximum Gasteiger partial charge on any atom is 0.410 e. The number of carbonyl (C=O) groups excluding carboxylic acids is 1. The number of pyridine rings is 1. The van der Waals surface area contributed by atoms with Gasteiger partial charge in [0, 0.05) is 37.2 Å². The van der Waals surface area contributed by atoms with Crippen LogP contribution in [0.4, 0.5) is 10.5 Å². The normalized spacial score (nSPS) is 27.1. The second kappa shape index (κ2) is 8.25. The molecule has 3 atom stereocenters. The number of amides is 1. The number of aromatic nitrogens is 1. The topological polar surface area (TPSA) is 112 Å². The number of likely N-dealkylation sites (tertiary alicyclic amines) is 1. The number of anilines is 1. The van der Waals surface area contributed by atoms with E-state index in [9.17, 15) is 4.79 Å². The third-order valence-electron chi connectivity index (χ3n) is 5.96. The Morgan fingerprint density at radius 1 is 1.45 bits per heavy atom. The molecule has 9 nitrogen and oxygen atoms in total. The zero-order valence-corrected chi connectivity index (χ0v) is 16.5. The molecule has 3 heterocycles. The molecule has 1 unspecified atom stereocenters. The van der Waals surface area contributed by atoms with Gasteiger partial charge >= 0.3 is 6.09 Å². The lowest BCUT2D eigenvalue weighted by atomic mass is 9.91. The molecular weight excluding hydrogens is 372 g/mol. The third kappa shape index (κ3) is 4.43. The Bertz CT molecular complexity index is 804. The zero-order valence-electron chi connectivity index (χ0n) is 16.5. The number of rotatable bonds is 5. The number of hydrogen-bond donors (Lipinski definition) is 2. The van der Waals surface area contributed by atoms with Gasteiger partial charge in [0.25, 0.3) is 0 Å². The van der Waals surface area contributed by atoms with Gasteiger partial charge in [-0.25, -0.2) is 4.79 Å². The van der Waals surface area contributed by atoms with Gasteiger partial charge in [-0.2, -0.15) is 5.26 Å². The van der Waals surface area contributed by atoms with Crippen LogP contribution in [0.15, 0.2) is 29.5 Å². The quantitative estimate of drug-likeness (QED) is 0.337. The first-order valence-corrected chi connectivity index (χ1v) is 10.0. The van der Waals surface area contributed by atoms with E-state index in [4.69, 9.17) is 14.7 Å². The van der Waals surface area contributed by atoms with Gasteiger partial charge in [-0.3, -0.25) is 15.3 Å². The lowest BCUT2D eigenvalue weighted by molar-refractivity contribution is -0.172. The van der Waals surface area contributed by atoms with Crippen LogP contribution in [-0.2, 0) is 9.47 Å². The number of carbonyl (C=O) groups is 1. The first-order valence-electron chi connectivity index (χ1n) is 10.0. The molecule has 1 aliphatic carbocycles. The zero-order chi connectivity index (χ0) is 20.3. The number of fused-ring (bicyclic) bond motifs is 2. The summed E-state index contributed by atoms with van der Waals surface area (Å²) in [5.74, 6) is 1.47. The van der Waals surface area contributed by atoms with Crippen LogP contribution in [0.5, 0.6) is 0 Å². The highest BCUT2D eigenvalue weighted by Crippen LogP contribution is 2.44. The number of hydrogen-bond acceptors (Lipinski definition) is 6. The van der Waals surface area contributed by atoms with Gasteiger partial charge < -0.3 is 19.7 Å². The smallest absolute Gasteiger partial charge is 0.410 e. The summed E-state index contributed by atoms with van der Waals surface area (Å²) in [4.78, 5) is 22.8. The molecule has 2 saturated heterocycles. The van der Waals surface area contributed by atoms with E-state index >= 15 is 0 Å². The second-order valence-electron chi connectivity index (χ2n) is 8.23. The summed E-state index contributed by atoms with van der Waals surface area (Å²) in [7, 11) is 0. The summed E-state index contributed by atoms with van der Waals surface area (Å²) in [5, 5.41) is 14.6. The van der Waals surface area contributed by atoms with E-state index in [1.165, 1.54) is 0 Å². The van der Waals surface area contributed by atoms with Gasteiger partial charge in [-0.1, -0.05) is 0 Å². The standard InChI is InChI=1S/C20H26N6O3/c1-20(11-28-12-20)29-19(27)26-10-15-9-17(26)8-14(15)2-7-23-18(24-13-21)25-16-3-5-22-6-4-16/h3-6,14-15,17H,2,7-12H2,1H3,(H2,22,23,24,25)/t14-,15+,17?/m1/s1. The molecule has 29 heavy (non-hydrogen) atoms. The van der Waals surface area contributed by atoms with Crippen LogP contribution < -0.4 is 10.6 Å². The molecule has 1 saturated carbocycles. The summed E-state index contributed by atoms with van der Waals surface area (Å²) >= 11 is 0. The van der Waals surface area contributed by atoms with Crippen molar-refractivity contribution in [1.29, 1.82) is 5.26 Å². The molecule has 4 rings (SSSR count). The molecule has 9 heteroatoms. The van der Waals surface area contributed by atoms with Crippen molar-refractivity contribution in [2.24, 2.45) is 16.8 Å². The largest absolute Gasteiger partial charge is 0.438 e. The predicted octanol–water partition coefficient (Wildman–Crippen LogP) is 1.95. The van der Waals surface area contributed by atoms with Gasteiger partial charge in [0.1, 0.15) is 0 Å². The van der Waals surface area contributed by atoms with Crippen molar-refractivity contribution in [2.45, 2.75) is 37.8 Å². The molecule has 0 radical (unpaired) electrons. The summed E-state index contributed by atoms with van der Waals surface area (Å²) < 4.78 is 10.8. The molecule has 1 aromatic heterocycles. The maximum atomic E-state index is 12.5. The number of nitrogens with one attached hydrogen (secondary N) is 2. The van der Waals surface area contributed by atoms with Crippen molar-refractivity contribution in [2.75, 3.05) is 31.6 Å². The van der Waals surface area contributed by atoms with Gasteiger partial charge in [-0.15, -0.1) is 0 Å². The monoisotopic (exact) mass is 398 g/mol. The highest BCUT2D eigenvalue weighted by molar-refractivity contribution is 5.94. The van der Waals surface area contributed by atoms with E-state index in [1.807, 2.05) is 30.1 Å². The molecule has 2 N–H and O–H groups in total. The number of guanidine groups is 1. The van der Waals surface area contributed by atoms with Crippen molar-refractivity contribution in [3.05, 3.63) is 24.5 Å². The van der Waals surface area contributed by atoms with Crippen molar-refractivity contribution >= 4 is 17.7 Å². The van der Waals surface area contributed by atoms with Crippen molar-refractivity contribution in [1.82, 2.24) is 15.2 Å². The molecule has 154 valence electrons. The number of ether oxygens (including phenoxy) is 2. The van der Waals surface area contributed by atoms with E-state index in [-0.39, 0.29) is 12.1 Å². The SMILES string of the molecule is CC1(OC(=O)N2C[C@@H]3CC2C[C@H]3CCN=C(NC#N)Nc2ccncc2)COC1. The van der Waals surface area contributed by atoms with Crippen molar-refractivity contribution in [3.8, 4) is 6.19 Å². The average Bonchev–Trinajstić information content (AvgIpc) is 3.28. The molecule has 1 aromatic rings. The van der Waals surface area contributed by atoms with E-state index in [0.717, 1.165) is 31.5 Å². The first kappa shape index (κ1) is 19.5. The fourth-order valence-corrected chi connectivity index (χ4v) is 4.43. The van der Waals surface area contributed by atoms with Gasteiger partial charge in [-0.05, 0) is 50.2 Å². The van der Waals surface area contributed by atoms with Crippen molar-refractivity contribution in [3.63, 3.8) is 0 Å². The Balaban J connectivity index is 1.26. The summed E-state index contributed by atoms with van der Waals surface area (Å²) in [6, 6.07) is 3.89. The summed E-state index contributed by atoms with van der Waals surface area (Å²) in [6.45, 7) is 4.25. The third-order valence-corrected chi connectivity index (χ3v) is 5.96. The van der Waals surface area contributed by atoms with Crippen LogP contribution in [0.25, 0.3) is 0 Å². The van der Waals surface area contributed by atoms with Gasteiger partial charge in [0.15, 0.2) is 11.8 Å². The Morgan fingerprint density at radius 2 is 2.24 bits per heavy atom. The molecular formula is C20H26N6O3. The second-order valence-corrected chi connectivity index (χ2v) is 8.23. The predicted molar refractivity (Wildman–Crippen MR) is 106 cm³/mol. The van der Waals surface area contributed by atoms with E-state index in [0.29, 0.717) is 37.6 Å². The van der Waals surface area contributed by atoms with E-state index in [1.54, 1.807) is 12.4 Å². The van der Waals surface area contributed by atoms with Crippen LogP contribution >= 0.6 is 0 Å². The Hall–Kier alpha value is -2.86. The van der Waals surface area contributed by atoms with Gasteiger partial charge in [0.2, 0.25) is 5.96 Å². The Morgan fingerprint density at radius 3 is 2.86 bits per heavy atom. The summed E-state index contributed by atoms with van der Waals surface area (Å²) in [6.07, 6.45) is 8.02. The minimum atomic E-state index is -0.459.